The molecular formula is C17H24N2O2. The highest BCUT2D eigenvalue weighted by atomic mass is 16.4. The molecule has 1 aliphatic heterocycles. The van der Waals surface area contributed by atoms with Crippen LogP contribution in [0.3, 0.4) is 0 Å². The molecule has 0 amide bonds. The second kappa shape index (κ2) is 6.18. The maximum atomic E-state index is 10.4. The van der Waals surface area contributed by atoms with Crippen molar-refractivity contribution in [3.8, 4) is 0 Å². The molecule has 1 N–H and O–H groups in total. The maximum absolute atomic E-state index is 10.4. The highest BCUT2D eigenvalue weighted by Gasteiger charge is 2.22. The number of nitrogens with zero attached hydrogens (tertiary/aromatic N) is 2. The highest BCUT2D eigenvalue weighted by molar-refractivity contribution is 5.77. The minimum atomic E-state index is -0.553. The second-order valence-corrected chi connectivity index (χ2v) is 6.13. The molecule has 114 valence electrons. The van der Waals surface area contributed by atoms with Gasteiger partial charge < -0.3 is 9.52 Å². The number of para-hydroxylation sites is 1. The molecule has 1 atom stereocenters. The Bertz CT molecular complexity index is 552. The van der Waals surface area contributed by atoms with Crippen LogP contribution in [-0.2, 0) is 0 Å². The van der Waals surface area contributed by atoms with Gasteiger partial charge in [-0.3, -0.25) is 9.80 Å². The van der Waals surface area contributed by atoms with E-state index in [0.29, 0.717) is 18.3 Å². The van der Waals surface area contributed by atoms with E-state index in [1.165, 1.54) is 0 Å². The van der Waals surface area contributed by atoms with Crippen molar-refractivity contribution in [3.63, 3.8) is 0 Å². The molecule has 3 rings (SSSR count). The molecule has 1 unspecified atom stereocenters. The molecule has 0 aliphatic carbocycles. The third kappa shape index (κ3) is 3.28. The Labute approximate surface area is 125 Å². The summed E-state index contributed by atoms with van der Waals surface area (Å²) < 4.78 is 5.74. The molecule has 0 bridgehead atoms. The van der Waals surface area contributed by atoms with Crippen LogP contribution in [0.5, 0.6) is 0 Å². The van der Waals surface area contributed by atoms with E-state index >= 15 is 0 Å². The Kier molecular flexibility index (Phi) is 4.29. The molecule has 2 aromatic rings. The van der Waals surface area contributed by atoms with Gasteiger partial charge in [0.25, 0.3) is 0 Å². The molecule has 1 fully saturated rings. The standard InChI is InChI=1S/C17H24N2O2/c1-13(2)19-9-7-18(8-10-19)12-15(20)17-11-14-5-3-4-6-16(14)21-17/h3-6,11,13,15,20H,7-10,12H2,1-2H3. The van der Waals surface area contributed by atoms with Gasteiger partial charge in [-0.2, -0.15) is 0 Å². The fourth-order valence-electron chi connectivity index (χ4n) is 2.96. The summed E-state index contributed by atoms with van der Waals surface area (Å²) in [4.78, 5) is 4.79. The number of hydrogen-bond acceptors (Lipinski definition) is 4. The summed E-state index contributed by atoms with van der Waals surface area (Å²) in [5.74, 6) is 0.669. The van der Waals surface area contributed by atoms with E-state index in [9.17, 15) is 5.11 Å². The SMILES string of the molecule is CC(C)N1CCN(CC(O)c2cc3ccccc3o2)CC1. The number of furan rings is 1. The van der Waals surface area contributed by atoms with Crippen LogP contribution >= 0.6 is 0 Å². The predicted octanol–water partition coefficient (Wildman–Crippen LogP) is 2.49. The number of fused-ring (bicyclic) bond motifs is 1. The van der Waals surface area contributed by atoms with E-state index in [1.54, 1.807) is 0 Å². The van der Waals surface area contributed by atoms with Crippen molar-refractivity contribution in [2.45, 2.75) is 26.0 Å². The average molecular weight is 288 g/mol. The van der Waals surface area contributed by atoms with Gasteiger partial charge in [-0.25, -0.2) is 0 Å². The number of rotatable bonds is 4. The van der Waals surface area contributed by atoms with Crippen molar-refractivity contribution in [1.29, 1.82) is 0 Å². The van der Waals surface area contributed by atoms with Crippen LogP contribution in [-0.4, -0.2) is 53.7 Å². The average Bonchev–Trinajstić information content (AvgIpc) is 2.92. The number of hydrogen-bond donors (Lipinski definition) is 1. The summed E-state index contributed by atoms with van der Waals surface area (Å²) in [5.41, 5.74) is 0.844. The van der Waals surface area contributed by atoms with Crippen molar-refractivity contribution in [1.82, 2.24) is 9.80 Å². The summed E-state index contributed by atoms with van der Waals surface area (Å²) >= 11 is 0. The summed E-state index contributed by atoms with van der Waals surface area (Å²) in [6.45, 7) is 9.28. The fourth-order valence-corrected chi connectivity index (χ4v) is 2.96. The van der Waals surface area contributed by atoms with Crippen LogP contribution in [0.25, 0.3) is 11.0 Å². The second-order valence-electron chi connectivity index (χ2n) is 6.13. The summed E-state index contributed by atoms with van der Waals surface area (Å²) in [6.07, 6.45) is -0.553. The molecule has 4 nitrogen and oxygen atoms in total. The Balaban J connectivity index is 1.60. The Morgan fingerprint density at radius 1 is 1.14 bits per heavy atom. The van der Waals surface area contributed by atoms with Gasteiger partial charge >= 0.3 is 0 Å². The van der Waals surface area contributed by atoms with Gasteiger partial charge in [0, 0.05) is 44.2 Å². The molecule has 1 aromatic heterocycles. The lowest BCUT2D eigenvalue weighted by molar-refractivity contribution is 0.0539. The highest BCUT2D eigenvalue weighted by Crippen LogP contribution is 2.24. The number of aliphatic hydroxyl groups is 1. The largest absolute Gasteiger partial charge is 0.458 e. The maximum Gasteiger partial charge on any atom is 0.135 e. The Hall–Kier alpha value is -1.36. The van der Waals surface area contributed by atoms with E-state index in [4.69, 9.17) is 4.42 Å². The topological polar surface area (TPSA) is 39.9 Å². The molecule has 1 aromatic carbocycles. The van der Waals surface area contributed by atoms with Gasteiger partial charge in [-0.05, 0) is 26.0 Å². The first-order valence-electron chi connectivity index (χ1n) is 7.76. The summed E-state index contributed by atoms with van der Waals surface area (Å²) in [6, 6.07) is 10.4. The first-order chi connectivity index (χ1) is 10.1. The monoisotopic (exact) mass is 288 g/mol. The van der Waals surface area contributed by atoms with Gasteiger partial charge in [0.15, 0.2) is 0 Å². The summed E-state index contributed by atoms with van der Waals surface area (Å²) in [7, 11) is 0. The Morgan fingerprint density at radius 3 is 2.52 bits per heavy atom. The molecule has 1 saturated heterocycles. The van der Waals surface area contributed by atoms with Crippen molar-refractivity contribution >= 4 is 11.0 Å². The lowest BCUT2D eigenvalue weighted by Crippen LogP contribution is -2.49. The van der Waals surface area contributed by atoms with Gasteiger partial charge in [0.05, 0.1) is 0 Å². The van der Waals surface area contributed by atoms with Crippen LogP contribution in [0.2, 0.25) is 0 Å². The quantitative estimate of drug-likeness (QED) is 0.938. The molecule has 21 heavy (non-hydrogen) atoms. The molecule has 1 aliphatic rings. The molecule has 4 heteroatoms. The molecule has 0 spiro atoms. The van der Waals surface area contributed by atoms with Crippen LogP contribution < -0.4 is 0 Å². The zero-order valence-electron chi connectivity index (χ0n) is 12.8. The van der Waals surface area contributed by atoms with Crippen molar-refractivity contribution in [2.75, 3.05) is 32.7 Å². The van der Waals surface area contributed by atoms with E-state index in [2.05, 4.69) is 23.6 Å². The Morgan fingerprint density at radius 2 is 1.86 bits per heavy atom. The van der Waals surface area contributed by atoms with E-state index < -0.39 is 6.10 Å². The number of aliphatic hydroxyl groups excluding tert-OH is 1. The minimum absolute atomic E-state index is 0.553. The molecule has 0 radical (unpaired) electrons. The van der Waals surface area contributed by atoms with E-state index in [1.807, 2.05) is 30.3 Å². The number of benzene rings is 1. The lowest BCUT2D eigenvalue weighted by Gasteiger charge is -2.37. The normalized spacial score (nSPS) is 19.4. The van der Waals surface area contributed by atoms with Crippen LogP contribution in [0.4, 0.5) is 0 Å². The fraction of sp³-hybridized carbons (Fsp3) is 0.529. The predicted molar refractivity (Wildman–Crippen MR) is 84.3 cm³/mol. The van der Waals surface area contributed by atoms with Crippen LogP contribution in [0.15, 0.2) is 34.7 Å². The minimum Gasteiger partial charge on any atom is -0.458 e. The third-order valence-electron chi connectivity index (χ3n) is 4.34. The van der Waals surface area contributed by atoms with Gasteiger partial charge in [0.1, 0.15) is 17.4 Å². The van der Waals surface area contributed by atoms with E-state index in [0.717, 1.165) is 37.1 Å². The first kappa shape index (κ1) is 14.6. The third-order valence-corrected chi connectivity index (χ3v) is 4.34. The van der Waals surface area contributed by atoms with Crippen LogP contribution in [0.1, 0.15) is 25.7 Å². The zero-order valence-corrected chi connectivity index (χ0v) is 12.8. The molecular weight excluding hydrogens is 264 g/mol. The van der Waals surface area contributed by atoms with Crippen molar-refractivity contribution in [2.24, 2.45) is 0 Å². The number of β-amino-alcohol motifs (C(OH)–C–C–N with tert-alkyl or cyclic N) is 1. The zero-order chi connectivity index (χ0) is 14.8. The van der Waals surface area contributed by atoms with E-state index in [-0.39, 0.29) is 0 Å². The van der Waals surface area contributed by atoms with Crippen LogP contribution in [0, 0.1) is 0 Å². The van der Waals surface area contributed by atoms with Gasteiger partial charge in [-0.1, -0.05) is 18.2 Å². The molecule has 0 saturated carbocycles. The molecule has 2 heterocycles. The van der Waals surface area contributed by atoms with Gasteiger partial charge in [-0.15, -0.1) is 0 Å². The van der Waals surface area contributed by atoms with Crippen molar-refractivity contribution < 1.29 is 9.52 Å². The summed E-state index contributed by atoms with van der Waals surface area (Å²) in [5, 5.41) is 11.5. The first-order valence-corrected chi connectivity index (χ1v) is 7.76. The van der Waals surface area contributed by atoms with Gasteiger partial charge in [0.2, 0.25) is 0 Å². The number of piperazine rings is 1. The lowest BCUT2D eigenvalue weighted by atomic mass is 10.2. The smallest absolute Gasteiger partial charge is 0.135 e. The van der Waals surface area contributed by atoms with Crippen molar-refractivity contribution in [3.05, 3.63) is 36.1 Å².